The Kier molecular flexibility index (Phi) is 5.74. The van der Waals surface area contributed by atoms with Crippen molar-refractivity contribution < 1.29 is 4.79 Å². The van der Waals surface area contributed by atoms with Gasteiger partial charge in [0.2, 0.25) is 5.91 Å². The predicted octanol–water partition coefficient (Wildman–Crippen LogP) is 4.03. The molecule has 6 heteroatoms. The van der Waals surface area contributed by atoms with Gasteiger partial charge < -0.3 is 10.6 Å². The molecule has 0 spiro atoms. The van der Waals surface area contributed by atoms with E-state index in [0.29, 0.717) is 18.7 Å². The van der Waals surface area contributed by atoms with Crippen molar-refractivity contribution in [2.24, 2.45) is 0 Å². The summed E-state index contributed by atoms with van der Waals surface area (Å²) >= 11 is 3.41. The second-order valence-electron chi connectivity index (χ2n) is 5.50. The fraction of sp³-hybridized carbons (Fsp3) is 0.105. The molecule has 2 N–H and O–H groups in total. The van der Waals surface area contributed by atoms with E-state index in [1.807, 2.05) is 48.5 Å². The molecule has 3 rings (SSSR count). The summed E-state index contributed by atoms with van der Waals surface area (Å²) in [7, 11) is 0. The molecule has 3 aromatic rings. The normalized spacial score (nSPS) is 10.3. The number of nitrogens with zero attached hydrogens (tertiary/aromatic N) is 2. The molecule has 0 unspecified atom stereocenters. The number of carbonyl (C=O) groups excluding carboxylic acids is 1. The quantitative estimate of drug-likeness (QED) is 0.659. The molecule has 0 atom stereocenters. The van der Waals surface area contributed by atoms with Gasteiger partial charge in [-0.15, -0.1) is 0 Å². The van der Waals surface area contributed by atoms with E-state index in [4.69, 9.17) is 0 Å². The largest absolute Gasteiger partial charge is 0.366 e. The van der Waals surface area contributed by atoms with E-state index in [9.17, 15) is 4.79 Å². The van der Waals surface area contributed by atoms with Crippen molar-refractivity contribution >= 4 is 33.3 Å². The van der Waals surface area contributed by atoms with Crippen LogP contribution in [0.1, 0.15) is 11.1 Å². The van der Waals surface area contributed by atoms with Gasteiger partial charge in [-0.1, -0.05) is 28.1 Å². The van der Waals surface area contributed by atoms with E-state index >= 15 is 0 Å². The maximum Gasteiger partial charge on any atom is 0.228 e. The second kappa shape index (κ2) is 8.39. The molecule has 2 aromatic heterocycles. The molecule has 0 bridgehead atoms. The molecule has 0 aliphatic heterocycles. The number of halogens is 1. The van der Waals surface area contributed by atoms with Gasteiger partial charge in [0.15, 0.2) is 0 Å². The van der Waals surface area contributed by atoms with Crippen LogP contribution in [-0.4, -0.2) is 15.9 Å². The lowest BCUT2D eigenvalue weighted by Crippen LogP contribution is -2.14. The summed E-state index contributed by atoms with van der Waals surface area (Å²) in [6.45, 7) is 0.671. The van der Waals surface area contributed by atoms with Crippen molar-refractivity contribution in [3.8, 4) is 0 Å². The van der Waals surface area contributed by atoms with Gasteiger partial charge in [0, 0.05) is 23.4 Å². The Morgan fingerprint density at radius 3 is 2.60 bits per heavy atom. The van der Waals surface area contributed by atoms with Crippen molar-refractivity contribution in [3.63, 3.8) is 0 Å². The third-order valence-corrected chi connectivity index (χ3v) is 4.02. The van der Waals surface area contributed by atoms with E-state index in [-0.39, 0.29) is 5.91 Å². The number of nitrogens with one attached hydrogen (secondary N) is 2. The lowest BCUT2D eigenvalue weighted by Gasteiger charge is -2.08. The fourth-order valence-corrected chi connectivity index (χ4v) is 2.75. The molecule has 0 saturated heterocycles. The summed E-state index contributed by atoms with van der Waals surface area (Å²) in [6.07, 6.45) is 5.48. The van der Waals surface area contributed by atoms with Crippen molar-refractivity contribution in [1.29, 1.82) is 0 Å². The van der Waals surface area contributed by atoms with Crippen molar-refractivity contribution in [3.05, 3.63) is 82.7 Å². The van der Waals surface area contributed by atoms with Crippen LogP contribution < -0.4 is 10.6 Å². The van der Waals surface area contributed by atoms with E-state index in [0.717, 1.165) is 21.4 Å². The molecule has 1 amide bonds. The Balaban J connectivity index is 1.52. The number of hydrogen-bond acceptors (Lipinski definition) is 4. The van der Waals surface area contributed by atoms with Gasteiger partial charge in [0.1, 0.15) is 5.82 Å². The maximum absolute atomic E-state index is 12.1. The van der Waals surface area contributed by atoms with Crippen LogP contribution in [0, 0.1) is 0 Å². The molecular formula is C19H17BrN4O. The van der Waals surface area contributed by atoms with Crippen LogP contribution in [-0.2, 0) is 17.8 Å². The van der Waals surface area contributed by atoms with E-state index < -0.39 is 0 Å². The number of carbonyl (C=O) groups is 1. The van der Waals surface area contributed by atoms with E-state index in [1.165, 1.54) is 0 Å². The van der Waals surface area contributed by atoms with Crippen LogP contribution in [0.4, 0.5) is 11.5 Å². The Morgan fingerprint density at radius 1 is 1.04 bits per heavy atom. The van der Waals surface area contributed by atoms with Gasteiger partial charge in [-0.25, -0.2) is 4.98 Å². The lowest BCUT2D eigenvalue weighted by atomic mass is 10.1. The molecular weight excluding hydrogens is 380 g/mol. The van der Waals surface area contributed by atoms with Gasteiger partial charge in [0.05, 0.1) is 18.3 Å². The van der Waals surface area contributed by atoms with Crippen molar-refractivity contribution in [2.75, 3.05) is 10.6 Å². The first kappa shape index (κ1) is 17.1. The summed E-state index contributed by atoms with van der Waals surface area (Å²) in [5.41, 5.74) is 2.76. The number of amides is 1. The number of hydrogen-bond donors (Lipinski definition) is 2. The number of aromatic nitrogens is 2. The molecule has 0 aliphatic carbocycles. The third-order valence-electron chi connectivity index (χ3n) is 3.52. The first-order valence-electron chi connectivity index (χ1n) is 7.82. The zero-order chi connectivity index (χ0) is 17.5. The summed E-state index contributed by atoms with van der Waals surface area (Å²) in [5.74, 6) is 0.680. The smallest absolute Gasteiger partial charge is 0.228 e. The zero-order valence-electron chi connectivity index (χ0n) is 13.4. The average Bonchev–Trinajstić information content (AvgIpc) is 2.62. The molecule has 5 nitrogen and oxygen atoms in total. The highest BCUT2D eigenvalue weighted by Gasteiger charge is 2.05. The minimum absolute atomic E-state index is 0.0719. The second-order valence-corrected chi connectivity index (χ2v) is 6.41. The minimum Gasteiger partial charge on any atom is -0.366 e. The Hall–Kier alpha value is -2.73. The number of benzene rings is 1. The first-order valence-corrected chi connectivity index (χ1v) is 8.61. The van der Waals surface area contributed by atoms with Crippen LogP contribution in [0.25, 0.3) is 0 Å². The van der Waals surface area contributed by atoms with Gasteiger partial charge in [-0.2, -0.15) is 0 Å². The lowest BCUT2D eigenvalue weighted by molar-refractivity contribution is -0.115. The molecule has 25 heavy (non-hydrogen) atoms. The predicted molar refractivity (Wildman–Crippen MR) is 102 cm³/mol. The van der Waals surface area contributed by atoms with Crippen LogP contribution in [0.5, 0.6) is 0 Å². The molecule has 2 heterocycles. The van der Waals surface area contributed by atoms with Crippen LogP contribution in [0.2, 0.25) is 0 Å². The average molecular weight is 397 g/mol. The van der Waals surface area contributed by atoms with Gasteiger partial charge >= 0.3 is 0 Å². The first-order chi connectivity index (χ1) is 12.2. The van der Waals surface area contributed by atoms with Crippen molar-refractivity contribution in [2.45, 2.75) is 13.0 Å². The summed E-state index contributed by atoms with van der Waals surface area (Å²) < 4.78 is 0.962. The zero-order valence-corrected chi connectivity index (χ0v) is 15.0. The highest BCUT2D eigenvalue weighted by atomic mass is 79.9. The van der Waals surface area contributed by atoms with E-state index in [1.54, 1.807) is 18.6 Å². The SMILES string of the molecule is O=C(Cc1cccc(Br)c1)Nc1ccc(NCc2ccncc2)nc1. The monoisotopic (exact) mass is 396 g/mol. The molecule has 0 saturated carbocycles. The Bertz CT molecular complexity index is 838. The topological polar surface area (TPSA) is 66.9 Å². The van der Waals surface area contributed by atoms with Crippen LogP contribution in [0.15, 0.2) is 71.6 Å². The molecule has 0 aliphatic rings. The molecule has 0 fully saturated rings. The summed E-state index contributed by atoms with van der Waals surface area (Å²) in [6, 6.07) is 15.3. The summed E-state index contributed by atoms with van der Waals surface area (Å²) in [4.78, 5) is 20.4. The highest BCUT2D eigenvalue weighted by Crippen LogP contribution is 2.14. The van der Waals surface area contributed by atoms with Crippen LogP contribution >= 0.6 is 15.9 Å². The number of rotatable bonds is 6. The minimum atomic E-state index is -0.0719. The number of anilines is 2. The Morgan fingerprint density at radius 2 is 1.88 bits per heavy atom. The van der Waals surface area contributed by atoms with Crippen molar-refractivity contribution in [1.82, 2.24) is 9.97 Å². The highest BCUT2D eigenvalue weighted by molar-refractivity contribution is 9.10. The summed E-state index contributed by atoms with van der Waals surface area (Å²) in [5, 5.41) is 6.09. The van der Waals surface area contributed by atoms with Gasteiger partial charge in [-0.05, 0) is 47.5 Å². The van der Waals surface area contributed by atoms with Gasteiger partial charge in [0.25, 0.3) is 0 Å². The molecule has 126 valence electrons. The van der Waals surface area contributed by atoms with Crippen LogP contribution in [0.3, 0.4) is 0 Å². The maximum atomic E-state index is 12.1. The fourth-order valence-electron chi connectivity index (χ4n) is 2.30. The molecule has 0 radical (unpaired) electrons. The molecule has 1 aromatic carbocycles. The van der Waals surface area contributed by atoms with E-state index in [2.05, 4.69) is 36.5 Å². The third kappa shape index (κ3) is 5.39. The Labute approximate surface area is 154 Å². The number of pyridine rings is 2. The standard InChI is InChI=1S/C19H17BrN4O/c20-16-3-1-2-15(10-16)11-19(25)24-17-4-5-18(23-13-17)22-12-14-6-8-21-9-7-14/h1-10,13H,11-12H2,(H,22,23)(H,24,25). The van der Waals surface area contributed by atoms with Gasteiger partial charge in [-0.3, -0.25) is 9.78 Å².